The van der Waals surface area contributed by atoms with Crippen LogP contribution in [-0.2, 0) is 9.84 Å². The fraction of sp³-hybridized carbons (Fsp3) is 0.462. The van der Waals surface area contributed by atoms with Crippen LogP contribution in [0.2, 0.25) is 0 Å². The maximum atomic E-state index is 12.7. The van der Waals surface area contributed by atoms with Gasteiger partial charge in [0.1, 0.15) is 5.52 Å². The number of benzene rings is 1. The molecule has 1 saturated heterocycles. The van der Waals surface area contributed by atoms with Gasteiger partial charge < -0.3 is 4.90 Å². The molecular formula is C13H14F2N2O2S2. The van der Waals surface area contributed by atoms with Gasteiger partial charge in [0, 0.05) is 25.3 Å². The molecular weight excluding hydrogens is 318 g/mol. The van der Waals surface area contributed by atoms with Crippen LogP contribution < -0.4 is 4.90 Å². The van der Waals surface area contributed by atoms with Crippen LogP contribution in [0.15, 0.2) is 23.1 Å². The third-order valence-electron chi connectivity index (χ3n) is 3.62. The molecule has 0 amide bonds. The predicted octanol–water partition coefficient (Wildman–Crippen LogP) is 2.79. The van der Waals surface area contributed by atoms with E-state index in [1.165, 1.54) is 17.4 Å². The van der Waals surface area contributed by atoms with Gasteiger partial charge in [0.2, 0.25) is 6.43 Å². The van der Waals surface area contributed by atoms with E-state index in [2.05, 4.69) is 4.98 Å². The fourth-order valence-electron chi connectivity index (χ4n) is 2.51. The van der Waals surface area contributed by atoms with Gasteiger partial charge in [0.25, 0.3) is 0 Å². The summed E-state index contributed by atoms with van der Waals surface area (Å²) in [6.07, 6.45) is -0.744. The molecule has 1 fully saturated rings. The summed E-state index contributed by atoms with van der Waals surface area (Å²) in [5.41, 5.74) is 0.431. The highest BCUT2D eigenvalue weighted by molar-refractivity contribution is 7.91. The Morgan fingerprint density at radius 2 is 2.19 bits per heavy atom. The largest absolute Gasteiger partial charge is 0.348 e. The van der Waals surface area contributed by atoms with E-state index in [1.54, 1.807) is 12.1 Å². The fourth-order valence-corrected chi connectivity index (χ4v) is 4.44. The summed E-state index contributed by atoms with van der Waals surface area (Å²) in [6, 6.07) is 4.99. The second-order valence-corrected chi connectivity index (χ2v) is 8.19. The van der Waals surface area contributed by atoms with Crippen LogP contribution in [0.5, 0.6) is 0 Å². The first-order valence-corrected chi connectivity index (χ1v) is 9.20. The van der Waals surface area contributed by atoms with Crippen LogP contribution in [-0.4, -0.2) is 39.2 Å². The summed E-state index contributed by atoms with van der Waals surface area (Å²) in [7, 11) is -3.36. The first-order chi connectivity index (χ1) is 9.86. The maximum Gasteiger partial charge on any atom is 0.243 e. The van der Waals surface area contributed by atoms with Crippen LogP contribution in [0.25, 0.3) is 10.2 Å². The van der Waals surface area contributed by atoms with E-state index < -0.39 is 22.2 Å². The van der Waals surface area contributed by atoms with Gasteiger partial charge in [0.15, 0.2) is 15.0 Å². The lowest BCUT2D eigenvalue weighted by atomic mass is 10.1. The van der Waals surface area contributed by atoms with Crippen molar-refractivity contribution in [3.05, 3.63) is 18.2 Å². The van der Waals surface area contributed by atoms with E-state index in [-0.39, 0.29) is 11.4 Å². The van der Waals surface area contributed by atoms with Crippen molar-refractivity contribution in [1.29, 1.82) is 0 Å². The first-order valence-electron chi connectivity index (χ1n) is 6.49. The van der Waals surface area contributed by atoms with Crippen molar-refractivity contribution in [3.63, 3.8) is 0 Å². The highest BCUT2D eigenvalue weighted by atomic mass is 32.2. The van der Waals surface area contributed by atoms with Gasteiger partial charge in [-0.25, -0.2) is 22.2 Å². The van der Waals surface area contributed by atoms with Gasteiger partial charge in [-0.05, 0) is 18.6 Å². The minimum Gasteiger partial charge on any atom is -0.348 e. The Hall–Kier alpha value is -1.28. The van der Waals surface area contributed by atoms with E-state index in [4.69, 9.17) is 0 Å². The highest BCUT2D eigenvalue weighted by Gasteiger charge is 2.31. The standard InChI is InChI=1S/C13H14F2N2O2S2/c1-21(18,19)10-4-2-3-9-11(10)16-13(20-9)17-6-5-8(7-17)12(14)15/h2-4,8,12H,5-7H2,1H3. The molecule has 1 atom stereocenters. The van der Waals surface area contributed by atoms with Crippen LogP contribution in [0.3, 0.4) is 0 Å². The number of hydrogen-bond acceptors (Lipinski definition) is 5. The van der Waals surface area contributed by atoms with E-state index >= 15 is 0 Å². The number of alkyl halides is 2. The summed E-state index contributed by atoms with van der Waals surface area (Å²) in [6.45, 7) is 0.800. The number of halogens is 2. The molecule has 0 bridgehead atoms. The van der Waals surface area contributed by atoms with Gasteiger partial charge in [-0.1, -0.05) is 17.4 Å². The van der Waals surface area contributed by atoms with E-state index in [9.17, 15) is 17.2 Å². The number of thiazole rings is 1. The molecule has 1 aliphatic rings. The molecule has 21 heavy (non-hydrogen) atoms. The zero-order valence-corrected chi connectivity index (χ0v) is 12.9. The number of nitrogens with zero attached hydrogens (tertiary/aromatic N) is 2. The van der Waals surface area contributed by atoms with E-state index in [0.717, 1.165) is 11.0 Å². The number of aromatic nitrogens is 1. The molecule has 8 heteroatoms. The minimum atomic E-state index is -3.36. The van der Waals surface area contributed by atoms with Crippen molar-refractivity contribution in [2.75, 3.05) is 24.2 Å². The molecule has 1 aliphatic heterocycles. The van der Waals surface area contributed by atoms with Crippen molar-refractivity contribution >= 4 is 36.5 Å². The van der Waals surface area contributed by atoms with Crippen LogP contribution >= 0.6 is 11.3 Å². The zero-order valence-electron chi connectivity index (χ0n) is 11.3. The van der Waals surface area contributed by atoms with E-state index in [0.29, 0.717) is 23.6 Å². The van der Waals surface area contributed by atoms with Crippen LogP contribution in [0.1, 0.15) is 6.42 Å². The number of fused-ring (bicyclic) bond motifs is 1. The lowest BCUT2D eigenvalue weighted by Crippen LogP contribution is -2.21. The Balaban J connectivity index is 1.99. The monoisotopic (exact) mass is 332 g/mol. The molecule has 1 unspecified atom stereocenters. The smallest absolute Gasteiger partial charge is 0.243 e. The van der Waals surface area contributed by atoms with Crippen molar-refractivity contribution < 1.29 is 17.2 Å². The average molecular weight is 332 g/mol. The number of anilines is 1. The normalized spacial score (nSPS) is 19.8. The Morgan fingerprint density at radius 1 is 1.43 bits per heavy atom. The number of para-hydroxylation sites is 1. The van der Waals surface area contributed by atoms with Gasteiger partial charge in [-0.15, -0.1) is 0 Å². The van der Waals surface area contributed by atoms with Gasteiger partial charge in [0.05, 0.1) is 9.60 Å². The minimum absolute atomic E-state index is 0.187. The Bertz CT molecular complexity index is 774. The molecule has 0 N–H and O–H groups in total. The number of hydrogen-bond donors (Lipinski definition) is 0. The lowest BCUT2D eigenvalue weighted by Gasteiger charge is -2.14. The summed E-state index contributed by atoms with van der Waals surface area (Å²) in [5.74, 6) is -0.633. The van der Waals surface area contributed by atoms with Gasteiger partial charge >= 0.3 is 0 Å². The van der Waals surface area contributed by atoms with Crippen molar-refractivity contribution in [2.45, 2.75) is 17.7 Å². The van der Waals surface area contributed by atoms with Crippen LogP contribution in [0, 0.1) is 5.92 Å². The molecule has 4 nitrogen and oxygen atoms in total. The van der Waals surface area contributed by atoms with Crippen molar-refractivity contribution in [3.8, 4) is 0 Å². The highest BCUT2D eigenvalue weighted by Crippen LogP contribution is 2.35. The van der Waals surface area contributed by atoms with Gasteiger partial charge in [-0.3, -0.25) is 0 Å². The second kappa shape index (κ2) is 5.17. The molecule has 0 radical (unpaired) electrons. The zero-order chi connectivity index (χ0) is 15.2. The summed E-state index contributed by atoms with van der Waals surface area (Å²) in [4.78, 5) is 6.38. The lowest BCUT2D eigenvalue weighted by molar-refractivity contribution is 0.0880. The quantitative estimate of drug-likeness (QED) is 0.867. The molecule has 1 aromatic carbocycles. The van der Waals surface area contributed by atoms with Crippen molar-refractivity contribution in [2.24, 2.45) is 5.92 Å². The molecule has 3 rings (SSSR count). The molecule has 1 aromatic heterocycles. The maximum absolute atomic E-state index is 12.7. The topological polar surface area (TPSA) is 50.3 Å². The molecule has 2 aromatic rings. The average Bonchev–Trinajstić information content (AvgIpc) is 3.03. The van der Waals surface area contributed by atoms with Crippen LogP contribution in [0.4, 0.5) is 13.9 Å². The summed E-state index contributed by atoms with van der Waals surface area (Å²) < 4.78 is 49.8. The Kier molecular flexibility index (Phi) is 3.61. The third-order valence-corrected chi connectivity index (χ3v) is 5.83. The van der Waals surface area contributed by atoms with Crippen molar-refractivity contribution in [1.82, 2.24) is 4.98 Å². The molecule has 114 valence electrons. The van der Waals surface area contributed by atoms with Gasteiger partial charge in [-0.2, -0.15) is 0 Å². The van der Waals surface area contributed by atoms with E-state index in [1.807, 2.05) is 4.90 Å². The molecule has 2 heterocycles. The Labute approximate surface area is 125 Å². The number of sulfone groups is 1. The molecule has 0 spiro atoms. The number of rotatable bonds is 3. The molecule has 0 saturated carbocycles. The first kappa shape index (κ1) is 14.6. The summed E-state index contributed by atoms with van der Waals surface area (Å²) in [5, 5.41) is 0.615. The Morgan fingerprint density at radius 3 is 2.81 bits per heavy atom. The SMILES string of the molecule is CS(=O)(=O)c1cccc2sc(N3CCC(C(F)F)C3)nc12. The third kappa shape index (κ3) is 2.74. The molecule has 0 aliphatic carbocycles. The second-order valence-electron chi connectivity index (χ2n) is 5.20. The predicted molar refractivity (Wildman–Crippen MR) is 79.1 cm³/mol. The summed E-state index contributed by atoms with van der Waals surface area (Å²) >= 11 is 1.34.